The van der Waals surface area contributed by atoms with Crippen molar-refractivity contribution in [3.63, 3.8) is 0 Å². The molecule has 8 heteroatoms. The molecule has 144 valence electrons. The molecule has 0 radical (unpaired) electrons. The third-order valence-corrected chi connectivity index (χ3v) is 4.81. The van der Waals surface area contributed by atoms with Crippen molar-refractivity contribution in [2.24, 2.45) is 0 Å². The molecule has 0 saturated carbocycles. The van der Waals surface area contributed by atoms with Gasteiger partial charge in [-0.05, 0) is 60.3 Å². The maximum absolute atomic E-state index is 13.1. The van der Waals surface area contributed by atoms with Crippen LogP contribution in [0.1, 0.15) is 5.56 Å². The quantitative estimate of drug-likeness (QED) is 0.422. The van der Waals surface area contributed by atoms with E-state index in [1.807, 2.05) is 0 Å². The number of anilines is 1. The Morgan fingerprint density at radius 1 is 1.11 bits per heavy atom. The standard InChI is InChI=1S/C20H17ClN2O4S/c1-26-16-9-7-15(8-10-16)23-19(25)17(11-13-3-5-14(21)6-4-13)22(20(23)28)12-18(24)27-2/h3-11H,12H2,1-2H3. The highest BCUT2D eigenvalue weighted by molar-refractivity contribution is 7.80. The highest BCUT2D eigenvalue weighted by Gasteiger charge is 2.40. The van der Waals surface area contributed by atoms with E-state index in [4.69, 9.17) is 33.3 Å². The van der Waals surface area contributed by atoms with Crippen molar-refractivity contribution < 1.29 is 19.1 Å². The van der Waals surface area contributed by atoms with Gasteiger partial charge in [-0.2, -0.15) is 0 Å². The second kappa shape index (κ2) is 8.41. The van der Waals surface area contributed by atoms with Gasteiger partial charge in [0.25, 0.3) is 5.91 Å². The van der Waals surface area contributed by atoms with Gasteiger partial charge in [0.15, 0.2) is 5.11 Å². The van der Waals surface area contributed by atoms with Crippen LogP contribution in [-0.2, 0) is 14.3 Å². The monoisotopic (exact) mass is 416 g/mol. The largest absolute Gasteiger partial charge is 0.497 e. The number of hydrogen-bond donors (Lipinski definition) is 0. The Morgan fingerprint density at radius 2 is 1.75 bits per heavy atom. The predicted molar refractivity (Wildman–Crippen MR) is 111 cm³/mol. The molecular weight excluding hydrogens is 400 g/mol. The Hall–Kier alpha value is -2.90. The maximum atomic E-state index is 13.1. The fourth-order valence-corrected chi connectivity index (χ4v) is 3.18. The number of carbonyl (C=O) groups excluding carboxylic acids is 2. The van der Waals surface area contributed by atoms with Crippen LogP contribution in [0.2, 0.25) is 5.02 Å². The number of halogens is 1. The van der Waals surface area contributed by atoms with Crippen molar-refractivity contribution in [3.8, 4) is 5.75 Å². The van der Waals surface area contributed by atoms with Crippen molar-refractivity contribution >= 4 is 52.6 Å². The molecule has 6 nitrogen and oxygen atoms in total. The van der Waals surface area contributed by atoms with E-state index in [0.29, 0.717) is 16.5 Å². The van der Waals surface area contributed by atoms with E-state index in [1.165, 1.54) is 16.9 Å². The normalized spacial score (nSPS) is 15.3. The number of esters is 1. The molecular formula is C20H17ClN2O4S. The van der Waals surface area contributed by atoms with Gasteiger partial charge in [-0.15, -0.1) is 0 Å². The van der Waals surface area contributed by atoms with Crippen LogP contribution in [0.15, 0.2) is 54.2 Å². The Bertz CT molecular complexity index is 942. The second-order valence-corrected chi connectivity index (χ2v) is 6.67. The van der Waals surface area contributed by atoms with Crippen LogP contribution >= 0.6 is 23.8 Å². The van der Waals surface area contributed by atoms with Crippen LogP contribution in [0.4, 0.5) is 5.69 Å². The SMILES string of the molecule is COC(=O)CN1C(=S)N(c2ccc(OC)cc2)C(=O)C1=Cc1ccc(Cl)cc1. The minimum absolute atomic E-state index is 0.173. The molecule has 0 atom stereocenters. The summed E-state index contributed by atoms with van der Waals surface area (Å²) >= 11 is 11.4. The first-order chi connectivity index (χ1) is 13.4. The number of amides is 1. The first-order valence-corrected chi connectivity index (χ1v) is 9.07. The number of rotatable bonds is 5. The predicted octanol–water partition coefficient (Wildman–Crippen LogP) is 3.50. The summed E-state index contributed by atoms with van der Waals surface area (Å²) in [6.07, 6.45) is 1.66. The summed E-state index contributed by atoms with van der Waals surface area (Å²) in [7, 11) is 2.85. The van der Waals surface area contributed by atoms with Gasteiger partial charge in [-0.3, -0.25) is 14.5 Å². The van der Waals surface area contributed by atoms with E-state index in [2.05, 4.69) is 0 Å². The summed E-state index contributed by atoms with van der Waals surface area (Å²) in [6, 6.07) is 13.9. The van der Waals surface area contributed by atoms with Crippen LogP contribution in [-0.4, -0.2) is 42.7 Å². The van der Waals surface area contributed by atoms with Gasteiger partial charge in [-0.1, -0.05) is 23.7 Å². The van der Waals surface area contributed by atoms with E-state index < -0.39 is 5.97 Å². The summed E-state index contributed by atoms with van der Waals surface area (Å²) in [6.45, 7) is -0.173. The molecule has 3 rings (SSSR count). The van der Waals surface area contributed by atoms with Crippen LogP contribution in [0.25, 0.3) is 6.08 Å². The molecule has 0 unspecified atom stereocenters. The molecule has 1 saturated heterocycles. The van der Waals surface area contributed by atoms with Crippen LogP contribution < -0.4 is 9.64 Å². The van der Waals surface area contributed by atoms with Gasteiger partial charge in [0.2, 0.25) is 0 Å². The van der Waals surface area contributed by atoms with Gasteiger partial charge in [0.1, 0.15) is 18.0 Å². The fourth-order valence-electron chi connectivity index (χ4n) is 2.70. The molecule has 1 heterocycles. The van der Waals surface area contributed by atoms with Crippen LogP contribution in [0.5, 0.6) is 5.75 Å². The zero-order chi connectivity index (χ0) is 20.3. The number of ether oxygens (including phenoxy) is 2. The summed E-state index contributed by atoms with van der Waals surface area (Å²) in [5, 5.41) is 0.780. The van der Waals surface area contributed by atoms with Gasteiger partial charge in [0.05, 0.1) is 19.9 Å². The van der Waals surface area contributed by atoms with E-state index in [0.717, 1.165) is 5.56 Å². The number of benzene rings is 2. The van der Waals surface area contributed by atoms with E-state index in [-0.39, 0.29) is 23.3 Å². The average Bonchev–Trinajstić information content (AvgIpc) is 2.93. The Labute approximate surface area is 172 Å². The summed E-state index contributed by atoms with van der Waals surface area (Å²) in [4.78, 5) is 27.9. The third kappa shape index (κ3) is 4.00. The van der Waals surface area contributed by atoms with Crippen molar-refractivity contribution in [1.29, 1.82) is 0 Å². The van der Waals surface area contributed by atoms with Crippen molar-refractivity contribution in [2.75, 3.05) is 25.7 Å². The molecule has 0 aromatic heterocycles. The van der Waals surface area contributed by atoms with Crippen molar-refractivity contribution in [1.82, 2.24) is 4.90 Å². The smallest absolute Gasteiger partial charge is 0.325 e. The Balaban J connectivity index is 2.01. The molecule has 1 amide bonds. The number of nitrogens with zero attached hydrogens (tertiary/aromatic N) is 2. The summed E-state index contributed by atoms with van der Waals surface area (Å²) in [5.41, 5.74) is 1.60. The number of carbonyl (C=O) groups is 2. The maximum Gasteiger partial charge on any atom is 0.325 e. The van der Waals surface area contributed by atoms with E-state index >= 15 is 0 Å². The van der Waals surface area contributed by atoms with Crippen LogP contribution in [0, 0.1) is 0 Å². The first kappa shape index (κ1) is 19.9. The highest BCUT2D eigenvalue weighted by Crippen LogP contribution is 2.30. The molecule has 0 spiro atoms. The lowest BCUT2D eigenvalue weighted by molar-refractivity contribution is -0.140. The molecule has 1 aliphatic rings. The zero-order valence-electron chi connectivity index (χ0n) is 15.2. The lowest BCUT2D eigenvalue weighted by Gasteiger charge is -2.19. The summed E-state index contributed by atoms with van der Waals surface area (Å²) < 4.78 is 9.90. The molecule has 0 N–H and O–H groups in total. The third-order valence-electron chi connectivity index (χ3n) is 4.15. The van der Waals surface area contributed by atoms with Crippen LogP contribution in [0.3, 0.4) is 0 Å². The lowest BCUT2D eigenvalue weighted by Crippen LogP contribution is -2.35. The Morgan fingerprint density at radius 3 is 2.32 bits per heavy atom. The fraction of sp³-hybridized carbons (Fsp3) is 0.150. The highest BCUT2D eigenvalue weighted by atomic mass is 35.5. The zero-order valence-corrected chi connectivity index (χ0v) is 16.8. The molecule has 0 bridgehead atoms. The van der Waals surface area contributed by atoms with Gasteiger partial charge in [-0.25, -0.2) is 0 Å². The minimum Gasteiger partial charge on any atom is -0.497 e. The molecule has 0 aliphatic carbocycles. The van der Waals surface area contributed by atoms with Crippen molar-refractivity contribution in [3.05, 3.63) is 64.8 Å². The van der Waals surface area contributed by atoms with E-state index in [1.54, 1.807) is 61.7 Å². The minimum atomic E-state index is -0.506. The molecule has 1 fully saturated rings. The summed E-state index contributed by atoms with van der Waals surface area (Å²) in [5.74, 6) is -0.188. The lowest BCUT2D eigenvalue weighted by atomic mass is 10.2. The molecule has 1 aliphatic heterocycles. The number of methoxy groups -OCH3 is 2. The van der Waals surface area contributed by atoms with E-state index in [9.17, 15) is 9.59 Å². The van der Waals surface area contributed by atoms with Crippen molar-refractivity contribution in [2.45, 2.75) is 0 Å². The van der Waals surface area contributed by atoms with Gasteiger partial charge >= 0.3 is 5.97 Å². The Kier molecular flexibility index (Phi) is 5.96. The first-order valence-electron chi connectivity index (χ1n) is 8.28. The number of hydrogen-bond acceptors (Lipinski definition) is 5. The van der Waals surface area contributed by atoms with Gasteiger partial charge < -0.3 is 14.4 Å². The van der Waals surface area contributed by atoms with Gasteiger partial charge in [0, 0.05) is 5.02 Å². The molecule has 2 aromatic rings. The average molecular weight is 417 g/mol. The second-order valence-electron chi connectivity index (χ2n) is 5.86. The molecule has 2 aromatic carbocycles. The molecule has 28 heavy (non-hydrogen) atoms. The topological polar surface area (TPSA) is 59.1 Å². The number of thiocarbonyl (C=S) groups is 1.